The number of phosphoric acid groups is 1. The molecule has 2 aromatic heterocycles. The molecule has 0 spiro atoms. The van der Waals surface area contributed by atoms with Crippen molar-refractivity contribution in [1.82, 2.24) is 24.4 Å². The van der Waals surface area contributed by atoms with Crippen LogP contribution in [0.2, 0.25) is 0 Å². The molecule has 0 bridgehead atoms. The first-order chi connectivity index (χ1) is 12.6. The van der Waals surface area contributed by atoms with Crippen LogP contribution in [-0.2, 0) is 9.09 Å². The van der Waals surface area contributed by atoms with E-state index in [0.717, 1.165) is 0 Å². The number of H-pyrrole nitrogens is 1. The number of aliphatic hydroxyl groups is 1. The van der Waals surface area contributed by atoms with Gasteiger partial charge in [0, 0.05) is 20.5 Å². The van der Waals surface area contributed by atoms with Crippen LogP contribution in [0.3, 0.4) is 0 Å². The topological polar surface area (TPSA) is 166 Å². The molecule has 0 saturated carbocycles. The minimum Gasteiger partial charge on any atom is -0.392 e. The Morgan fingerprint density at radius 2 is 2.30 bits per heavy atom. The minimum atomic E-state index is -4.61. The second-order valence-electron chi connectivity index (χ2n) is 6.14. The molecule has 2 aromatic rings. The van der Waals surface area contributed by atoms with Gasteiger partial charge in [0.15, 0.2) is 11.2 Å². The molecule has 1 saturated heterocycles. The maximum Gasteiger partial charge on any atom is 0.469 e. The zero-order chi connectivity index (χ0) is 19.8. The molecule has 0 aromatic carbocycles. The van der Waals surface area contributed by atoms with Gasteiger partial charge in [0.1, 0.15) is 0 Å². The van der Waals surface area contributed by atoms with E-state index in [0.29, 0.717) is 5.65 Å². The average molecular weight is 418 g/mol. The Labute approximate surface area is 157 Å². The summed E-state index contributed by atoms with van der Waals surface area (Å²) in [6.07, 6.45) is 2.39. The molecular formula is C13H19N6O6PS. The van der Waals surface area contributed by atoms with Crippen molar-refractivity contribution in [1.29, 1.82) is 0 Å². The second kappa shape index (κ2) is 7.70. The van der Waals surface area contributed by atoms with Gasteiger partial charge in [-0.1, -0.05) is 0 Å². The third-order valence-electron chi connectivity index (χ3n) is 3.75. The molecule has 0 amide bonds. The van der Waals surface area contributed by atoms with Crippen molar-refractivity contribution in [2.75, 3.05) is 20.7 Å². The Bertz CT molecular complexity index is 954. The highest BCUT2D eigenvalue weighted by Gasteiger charge is 2.37. The molecule has 12 nitrogen and oxygen atoms in total. The summed E-state index contributed by atoms with van der Waals surface area (Å²) in [5, 5.41) is 9.32. The SMILES string of the molecule is CN(C)C=Nc1nc2c(ncn2[C@H]2C[C@H](O)[C@@H](COP(=O)(O)O)S2)c(=O)[nH]1. The summed E-state index contributed by atoms with van der Waals surface area (Å²) >= 11 is 1.27. The van der Waals surface area contributed by atoms with Gasteiger partial charge in [-0.25, -0.2) is 14.5 Å². The van der Waals surface area contributed by atoms with Crippen LogP contribution in [0.25, 0.3) is 11.2 Å². The van der Waals surface area contributed by atoms with E-state index in [9.17, 15) is 14.5 Å². The van der Waals surface area contributed by atoms with Crippen molar-refractivity contribution in [3.8, 4) is 0 Å². The van der Waals surface area contributed by atoms with Crippen LogP contribution in [0.5, 0.6) is 0 Å². The van der Waals surface area contributed by atoms with E-state index in [4.69, 9.17) is 9.79 Å². The monoisotopic (exact) mass is 418 g/mol. The average Bonchev–Trinajstić information content (AvgIpc) is 3.14. The Morgan fingerprint density at radius 1 is 1.56 bits per heavy atom. The summed E-state index contributed by atoms with van der Waals surface area (Å²) in [7, 11) is -1.06. The number of nitrogens with one attached hydrogen (secondary N) is 1. The Balaban J connectivity index is 1.86. The first-order valence-electron chi connectivity index (χ1n) is 7.85. The molecule has 1 fully saturated rings. The maximum atomic E-state index is 12.2. The van der Waals surface area contributed by atoms with Crippen LogP contribution in [0.15, 0.2) is 16.1 Å². The van der Waals surface area contributed by atoms with E-state index in [1.165, 1.54) is 24.4 Å². The molecule has 0 radical (unpaired) electrons. The van der Waals surface area contributed by atoms with E-state index < -0.39 is 24.7 Å². The standard InChI is InChI=1S/C13H19N6O6PS/c1-18(2)5-15-13-16-11-10(12(21)17-13)14-6-19(11)9-3-7(20)8(27-9)4-25-26(22,23)24/h5-9,20H,3-4H2,1-2H3,(H,16,17,21)(H2,22,23,24)/t7-,8+,9+/m0/s1. The van der Waals surface area contributed by atoms with Crippen LogP contribution in [0.4, 0.5) is 5.95 Å². The predicted octanol–water partition coefficient (Wildman–Crippen LogP) is -0.185. The van der Waals surface area contributed by atoms with Gasteiger partial charge in [0.25, 0.3) is 5.56 Å². The van der Waals surface area contributed by atoms with Crippen LogP contribution in [0.1, 0.15) is 11.8 Å². The molecule has 3 rings (SSSR count). The number of aromatic amines is 1. The van der Waals surface area contributed by atoms with E-state index in [1.54, 1.807) is 23.6 Å². The molecule has 1 aliphatic rings. The normalized spacial score (nSPS) is 23.5. The van der Waals surface area contributed by atoms with Gasteiger partial charge in [-0.2, -0.15) is 4.98 Å². The number of aliphatic hydroxyl groups excluding tert-OH is 1. The van der Waals surface area contributed by atoms with Crippen molar-refractivity contribution < 1.29 is 24.0 Å². The summed E-state index contributed by atoms with van der Waals surface area (Å²) in [6.45, 7) is -0.300. The molecule has 1 aliphatic heterocycles. The minimum absolute atomic E-state index is 0.118. The van der Waals surface area contributed by atoms with Gasteiger partial charge in [0.05, 0.1) is 36.0 Å². The molecule has 0 unspecified atom stereocenters. The predicted molar refractivity (Wildman–Crippen MR) is 99.0 cm³/mol. The lowest BCUT2D eigenvalue weighted by molar-refractivity contribution is 0.128. The smallest absolute Gasteiger partial charge is 0.392 e. The molecule has 0 aliphatic carbocycles. The number of hydrogen-bond acceptors (Lipinski definition) is 8. The number of fused-ring (bicyclic) bond motifs is 1. The zero-order valence-electron chi connectivity index (χ0n) is 14.5. The van der Waals surface area contributed by atoms with Gasteiger partial charge in [-0.3, -0.25) is 14.3 Å². The number of nitrogens with zero attached hydrogens (tertiary/aromatic N) is 5. The number of phosphoric ester groups is 1. The molecule has 14 heteroatoms. The highest BCUT2D eigenvalue weighted by atomic mass is 32.2. The molecule has 4 N–H and O–H groups in total. The van der Waals surface area contributed by atoms with Crippen molar-refractivity contribution in [3.05, 3.63) is 16.7 Å². The molecule has 148 valence electrons. The Morgan fingerprint density at radius 3 is 2.96 bits per heavy atom. The van der Waals surface area contributed by atoms with Crippen molar-refractivity contribution in [2.24, 2.45) is 4.99 Å². The number of imidazole rings is 1. The molecule has 3 atom stereocenters. The fraction of sp³-hybridized carbons (Fsp3) is 0.538. The van der Waals surface area contributed by atoms with E-state index >= 15 is 0 Å². The Hall–Kier alpha value is -1.76. The third-order valence-corrected chi connectivity index (χ3v) is 5.77. The number of hydrogen-bond donors (Lipinski definition) is 4. The lowest BCUT2D eigenvalue weighted by Gasteiger charge is -2.14. The first-order valence-corrected chi connectivity index (χ1v) is 10.3. The molecular weight excluding hydrogens is 399 g/mol. The van der Waals surface area contributed by atoms with Crippen LogP contribution >= 0.6 is 19.6 Å². The largest absolute Gasteiger partial charge is 0.469 e. The summed E-state index contributed by atoms with van der Waals surface area (Å²) in [4.78, 5) is 46.5. The van der Waals surface area contributed by atoms with Gasteiger partial charge in [-0.15, -0.1) is 11.8 Å². The van der Waals surface area contributed by atoms with Gasteiger partial charge >= 0.3 is 7.82 Å². The van der Waals surface area contributed by atoms with Crippen LogP contribution < -0.4 is 5.56 Å². The van der Waals surface area contributed by atoms with Crippen molar-refractivity contribution >= 4 is 43.0 Å². The van der Waals surface area contributed by atoms with Crippen LogP contribution in [-0.4, -0.2) is 77.7 Å². The number of aromatic nitrogens is 4. The van der Waals surface area contributed by atoms with Gasteiger partial charge in [-0.05, 0) is 0 Å². The summed E-state index contributed by atoms with van der Waals surface area (Å²) < 4.78 is 17.0. The quantitative estimate of drug-likeness (QED) is 0.281. The zero-order valence-corrected chi connectivity index (χ0v) is 16.2. The highest BCUT2D eigenvalue weighted by Crippen LogP contribution is 2.45. The fourth-order valence-corrected chi connectivity index (χ4v) is 4.45. The second-order valence-corrected chi connectivity index (χ2v) is 8.80. The number of thioether (sulfide) groups is 1. The summed E-state index contributed by atoms with van der Waals surface area (Å²) in [5.74, 6) is 0.118. The lowest BCUT2D eigenvalue weighted by atomic mass is 10.2. The summed E-state index contributed by atoms with van der Waals surface area (Å²) in [5.41, 5.74) is 0.0179. The van der Waals surface area contributed by atoms with E-state index in [1.807, 2.05) is 0 Å². The number of rotatable bonds is 6. The first kappa shape index (κ1) is 20.0. The molecule has 3 heterocycles. The molecule has 27 heavy (non-hydrogen) atoms. The van der Waals surface area contributed by atoms with Crippen molar-refractivity contribution in [2.45, 2.75) is 23.1 Å². The maximum absolute atomic E-state index is 12.2. The van der Waals surface area contributed by atoms with E-state index in [2.05, 4.69) is 24.5 Å². The van der Waals surface area contributed by atoms with E-state index in [-0.39, 0.29) is 29.9 Å². The third kappa shape index (κ3) is 4.75. The lowest BCUT2D eigenvalue weighted by Crippen LogP contribution is -2.22. The van der Waals surface area contributed by atoms with Gasteiger partial charge in [0.2, 0.25) is 5.95 Å². The highest BCUT2D eigenvalue weighted by molar-refractivity contribution is 8.00. The number of aliphatic imine (C=N–C) groups is 1. The Kier molecular flexibility index (Phi) is 5.70. The van der Waals surface area contributed by atoms with Crippen LogP contribution in [0, 0.1) is 0 Å². The summed E-state index contributed by atoms with van der Waals surface area (Å²) in [6, 6.07) is 0. The van der Waals surface area contributed by atoms with Gasteiger partial charge < -0.3 is 24.4 Å². The van der Waals surface area contributed by atoms with Crippen molar-refractivity contribution in [3.63, 3.8) is 0 Å². The fourth-order valence-electron chi connectivity index (χ4n) is 2.56.